The lowest BCUT2D eigenvalue weighted by atomic mass is 9.87. The standard InChI is InChI=1S/C14H13ClO3S/c15-8-7-14(18,10-4-2-1-3-5-10)12-11(13(16)17)6-9-19-12/h1-6,9,18H,7-8H2,(H,16,17). The van der Waals surface area contributed by atoms with Crippen LogP contribution >= 0.6 is 22.9 Å². The normalized spacial score (nSPS) is 14.0. The summed E-state index contributed by atoms with van der Waals surface area (Å²) in [5.74, 6) is -0.803. The predicted molar refractivity (Wildman–Crippen MR) is 76.1 cm³/mol. The molecule has 0 aliphatic rings. The molecule has 5 heteroatoms. The Balaban J connectivity index is 2.56. The molecule has 0 radical (unpaired) electrons. The zero-order valence-corrected chi connectivity index (χ0v) is 11.6. The SMILES string of the molecule is O=C(O)c1ccsc1C(O)(CCCl)c1ccccc1. The highest BCUT2D eigenvalue weighted by Gasteiger charge is 2.35. The Morgan fingerprint density at radius 3 is 2.53 bits per heavy atom. The van der Waals surface area contributed by atoms with E-state index in [0.717, 1.165) is 0 Å². The van der Waals surface area contributed by atoms with Crippen molar-refractivity contribution in [1.29, 1.82) is 0 Å². The predicted octanol–water partition coefficient (Wildman–Crippen LogP) is 3.31. The molecule has 0 saturated carbocycles. The van der Waals surface area contributed by atoms with Crippen LogP contribution < -0.4 is 0 Å². The summed E-state index contributed by atoms with van der Waals surface area (Å²) in [6.45, 7) is 0. The van der Waals surface area contributed by atoms with Gasteiger partial charge < -0.3 is 10.2 Å². The lowest BCUT2D eigenvalue weighted by molar-refractivity contribution is 0.0644. The number of alkyl halides is 1. The van der Waals surface area contributed by atoms with Gasteiger partial charge in [-0.15, -0.1) is 22.9 Å². The lowest BCUT2D eigenvalue weighted by Crippen LogP contribution is -2.28. The second kappa shape index (κ2) is 5.74. The van der Waals surface area contributed by atoms with E-state index in [0.29, 0.717) is 10.4 Å². The highest BCUT2D eigenvalue weighted by Crippen LogP contribution is 2.38. The van der Waals surface area contributed by atoms with Crippen LogP contribution in [-0.2, 0) is 5.60 Å². The van der Waals surface area contributed by atoms with E-state index >= 15 is 0 Å². The van der Waals surface area contributed by atoms with Gasteiger partial charge >= 0.3 is 5.97 Å². The molecule has 2 rings (SSSR count). The first-order chi connectivity index (χ1) is 9.09. The van der Waals surface area contributed by atoms with E-state index in [1.54, 1.807) is 17.5 Å². The van der Waals surface area contributed by atoms with Crippen molar-refractivity contribution in [2.24, 2.45) is 0 Å². The molecule has 3 nitrogen and oxygen atoms in total. The van der Waals surface area contributed by atoms with Crippen LogP contribution in [0.3, 0.4) is 0 Å². The molecule has 0 saturated heterocycles. The Hall–Kier alpha value is -1.36. The molecule has 1 unspecified atom stereocenters. The Morgan fingerprint density at radius 1 is 1.26 bits per heavy atom. The number of halogens is 1. The van der Waals surface area contributed by atoms with E-state index in [2.05, 4.69) is 0 Å². The van der Waals surface area contributed by atoms with Gasteiger partial charge in [0.05, 0.1) is 10.4 Å². The largest absolute Gasteiger partial charge is 0.478 e. The summed E-state index contributed by atoms with van der Waals surface area (Å²) >= 11 is 7.01. The number of carboxylic acid groups (broad SMARTS) is 1. The summed E-state index contributed by atoms with van der Waals surface area (Å²) in [7, 11) is 0. The first kappa shape index (κ1) is 14.1. The number of hydrogen-bond acceptors (Lipinski definition) is 3. The molecule has 2 aromatic rings. The van der Waals surface area contributed by atoms with Gasteiger partial charge in [-0.3, -0.25) is 0 Å². The van der Waals surface area contributed by atoms with Crippen LogP contribution in [-0.4, -0.2) is 22.1 Å². The monoisotopic (exact) mass is 296 g/mol. The highest BCUT2D eigenvalue weighted by molar-refractivity contribution is 7.10. The van der Waals surface area contributed by atoms with Crippen LogP contribution in [0.4, 0.5) is 0 Å². The summed E-state index contributed by atoms with van der Waals surface area (Å²) in [5.41, 5.74) is -0.577. The fourth-order valence-corrected chi connectivity index (χ4v) is 3.35. The molecule has 0 fully saturated rings. The minimum absolute atomic E-state index is 0.126. The molecule has 100 valence electrons. The maximum Gasteiger partial charge on any atom is 0.336 e. The molecular formula is C14H13ClO3S. The molecule has 1 atom stereocenters. The number of hydrogen-bond donors (Lipinski definition) is 2. The number of benzene rings is 1. The van der Waals surface area contributed by atoms with Gasteiger partial charge in [0.1, 0.15) is 5.60 Å². The quantitative estimate of drug-likeness (QED) is 0.832. The van der Waals surface area contributed by atoms with Gasteiger partial charge in [-0.1, -0.05) is 30.3 Å². The van der Waals surface area contributed by atoms with Gasteiger partial charge in [-0.25, -0.2) is 4.79 Å². The highest BCUT2D eigenvalue weighted by atomic mass is 35.5. The molecule has 1 heterocycles. The van der Waals surface area contributed by atoms with Gasteiger partial charge in [0.25, 0.3) is 0 Å². The fourth-order valence-electron chi connectivity index (χ4n) is 2.04. The van der Waals surface area contributed by atoms with E-state index in [9.17, 15) is 15.0 Å². The molecule has 19 heavy (non-hydrogen) atoms. The number of thiophene rings is 1. The van der Waals surface area contributed by atoms with Gasteiger partial charge in [-0.2, -0.15) is 0 Å². The molecule has 1 aromatic heterocycles. The van der Waals surface area contributed by atoms with Crippen LogP contribution in [0.25, 0.3) is 0 Å². The number of carboxylic acids is 1. The molecular weight excluding hydrogens is 284 g/mol. The maximum absolute atomic E-state index is 11.2. The number of aliphatic hydroxyl groups is 1. The number of aromatic carboxylic acids is 1. The average molecular weight is 297 g/mol. The Kier molecular flexibility index (Phi) is 4.24. The molecule has 0 bridgehead atoms. The second-order valence-corrected chi connectivity index (χ2v) is 5.43. The van der Waals surface area contributed by atoms with E-state index in [-0.39, 0.29) is 17.9 Å². The van der Waals surface area contributed by atoms with Crippen LogP contribution in [0.15, 0.2) is 41.8 Å². The summed E-state index contributed by atoms with van der Waals surface area (Å²) in [5, 5.41) is 21.8. The Morgan fingerprint density at radius 2 is 1.95 bits per heavy atom. The summed E-state index contributed by atoms with van der Waals surface area (Å²) in [6, 6.07) is 10.5. The van der Waals surface area contributed by atoms with E-state index in [1.165, 1.54) is 17.4 Å². The van der Waals surface area contributed by atoms with Crippen molar-refractivity contribution in [1.82, 2.24) is 0 Å². The smallest absolute Gasteiger partial charge is 0.336 e. The van der Waals surface area contributed by atoms with Crippen molar-refractivity contribution >= 4 is 28.9 Å². The summed E-state index contributed by atoms with van der Waals surface area (Å²) in [4.78, 5) is 11.7. The molecule has 2 N–H and O–H groups in total. The van der Waals surface area contributed by atoms with E-state index in [4.69, 9.17) is 11.6 Å². The Bertz CT molecular complexity index is 567. The fraction of sp³-hybridized carbons (Fsp3) is 0.214. The van der Waals surface area contributed by atoms with Crippen molar-refractivity contribution in [3.8, 4) is 0 Å². The van der Waals surface area contributed by atoms with E-state index < -0.39 is 11.6 Å². The van der Waals surface area contributed by atoms with Crippen LogP contribution in [0.1, 0.15) is 27.2 Å². The third-order valence-electron chi connectivity index (χ3n) is 2.98. The number of carbonyl (C=O) groups is 1. The second-order valence-electron chi connectivity index (χ2n) is 4.13. The Labute approximate surface area is 120 Å². The first-order valence-corrected chi connectivity index (χ1v) is 7.16. The minimum atomic E-state index is -1.36. The third-order valence-corrected chi connectivity index (χ3v) is 4.23. The molecule has 0 amide bonds. The first-order valence-electron chi connectivity index (χ1n) is 5.74. The van der Waals surface area contributed by atoms with Crippen molar-refractivity contribution in [3.63, 3.8) is 0 Å². The van der Waals surface area contributed by atoms with Crippen molar-refractivity contribution < 1.29 is 15.0 Å². The molecule has 0 aliphatic carbocycles. The topological polar surface area (TPSA) is 57.5 Å². The molecule has 0 aliphatic heterocycles. The summed E-state index contributed by atoms with van der Waals surface area (Å²) in [6.07, 6.45) is 0.263. The van der Waals surface area contributed by atoms with Crippen molar-refractivity contribution in [2.45, 2.75) is 12.0 Å². The van der Waals surface area contributed by atoms with Gasteiger partial charge in [0, 0.05) is 5.88 Å². The zero-order valence-electron chi connectivity index (χ0n) is 10.0. The van der Waals surface area contributed by atoms with Crippen LogP contribution in [0.5, 0.6) is 0 Å². The van der Waals surface area contributed by atoms with Crippen molar-refractivity contribution in [2.75, 3.05) is 5.88 Å². The molecule has 0 spiro atoms. The zero-order chi connectivity index (χ0) is 13.9. The molecule has 1 aromatic carbocycles. The van der Waals surface area contributed by atoms with Gasteiger partial charge in [0.2, 0.25) is 0 Å². The van der Waals surface area contributed by atoms with Gasteiger partial charge in [0.15, 0.2) is 0 Å². The van der Waals surface area contributed by atoms with E-state index in [1.807, 2.05) is 18.2 Å². The lowest BCUT2D eigenvalue weighted by Gasteiger charge is -2.27. The number of rotatable bonds is 5. The third kappa shape index (κ3) is 2.66. The maximum atomic E-state index is 11.2. The van der Waals surface area contributed by atoms with Crippen LogP contribution in [0.2, 0.25) is 0 Å². The van der Waals surface area contributed by atoms with Crippen LogP contribution in [0, 0.1) is 0 Å². The van der Waals surface area contributed by atoms with Crippen molar-refractivity contribution in [3.05, 3.63) is 57.8 Å². The summed E-state index contributed by atoms with van der Waals surface area (Å²) < 4.78 is 0. The average Bonchev–Trinajstić information content (AvgIpc) is 2.90. The minimum Gasteiger partial charge on any atom is -0.478 e. The van der Waals surface area contributed by atoms with Gasteiger partial charge in [-0.05, 0) is 23.4 Å².